The van der Waals surface area contributed by atoms with Crippen LogP contribution in [0, 0.1) is 13.8 Å². The Kier molecular flexibility index (Phi) is 10.6. The highest BCUT2D eigenvalue weighted by Gasteiger charge is 2.26. The van der Waals surface area contributed by atoms with Crippen LogP contribution in [0.2, 0.25) is 0 Å². The molecule has 2 aliphatic rings. The van der Waals surface area contributed by atoms with E-state index in [0.29, 0.717) is 44.6 Å². The molecule has 0 bridgehead atoms. The average Bonchev–Trinajstić information content (AvgIpc) is 2.96. The van der Waals surface area contributed by atoms with Crippen LogP contribution >= 0.6 is 0 Å². The molecule has 0 unspecified atom stereocenters. The largest absolute Gasteiger partial charge is 0.381 e. The highest BCUT2D eigenvalue weighted by molar-refractivity contribution is 5.95. The lowest BCUT2D eigenvalue weighted by molar-refractivity contribution is -0.132. The van der Waals surface area contributed by atoms with Crippen molar-refractivity contribution in [2.24, 2.45) is 0 Å². The van der Waals surface area contributed by atoms with Crippen molar-refractivity contribution in [2.45, 2.75) is 52.1 Å². The second kappa shape index (κ2) is 14.3. The quantitative estimate of drug-likeness (QED) is 0.575. The summed E-state index contributed by atoms with van der Waals surface area (Å²) in [4.78, 5) is 41.8. The molecule has 4 rings (SSSR count). The number of hydrogen-bond acceptors (Lipinski definition) is 8. The van der Waals surface area contributed by atoms with E-state index in [0.717, 1.165) is 68.2 Å². The van der Waals surface area contributed by atoms with Gasteiger partial charge in [0.2, 0.25) is 11.9 Å². The summed E-state index contributed by atoms with van der Waals surface area (Å²) in [6.07, 6.45) is 3.14. The number of carbonyl (C=O) groups is 2. The number of rotatable bonds is 7. The second-order valence-corrected chi connectivity index (χ2v) is 10.3. The molecule has 212 valence electrons. The number of nitrogens with zero attached hydrogens (tertiary/aromatic N) is 5. The Balaban J connectivity index is 1.54. The minimum Gasteiger partial charge on any atom is -0.381 e. The van der Waals surface area contributed by atoms with Crippen LogP contribution in [-0.2, 0) is 25.6 Å². The van der Waals surface area contributed by atoms with Crippen LogP contribution in [0.3, 0.4) is 0 Å². The van der Waals surface area contributed by atoms with Crippen LogP contribution in [0.15, 0.2) is 30.3 Å². The van der Waals surface area contributed by atoms with Gasteiger partial charge in [-0.05, 0) is 50.8 Å². The Morgan fingerprint density at radius 1 is 1.03 bits per heavy atom. The molecule has 3 heterocycles. The standard InChI is InChI=1S/C29H42N6O4/c1-22-19-23(2)32-29(31-22)30-12-9-27(36)34-16-15-33(25-10-17-39-18-11-25)13-6-14-35(28(37)21-38-3)26-8-5-4-7-24(26)20-34/h4-5,7-8,19,25H,6,9-18,20-21H2,1-3H3,(H,30,31,32). The van der Waals surface area contributed by atoms with Crippen molar-refractivity contribution >= 4 is 23.5 Å². The number of nitrogens with one attached hydrogen (secondary N) is 1. The topological polar surface area (TPSA) is 100 Å². The Morgan fingerprint density at radius 3 is 2.51 bits per heavy atom. The summed E-state index contributed by atoms with van der Waals surface area (Å²) in [5.74, 6) is 0.529. The van der Waals surface area contributed by atoms with Gasteiger partial charge in [0.05, 0.1) is 0 Å². The van der Waals surface area contributed by atoms with Gasteiger partial charge in [0.15, 0.2) is 0 Å². The molecule has 2 amide bonds. The number of para-hydroxylation sites is 1. The van der Waals surface area contributed by atoms with E-state index in [2.05, 4.69) is 20.2 Å². The van der Waals surface area contributed by atoms with Crippen molar-refractivity contribution in [1.29, 1.82) is 0 Å². The summed E-state index contributed by atoms with van der Waals surface area (Å²) in [5.41, 5.74) is 3.58. The lowest BCUT2D eigenvalue weighted by atomic mass is 10.1. The molecular formula is C29H42N6O4. The van der Waals surface area contributed by atoms with Crippen LogP contribution < -0.4 is 10.2 Å². The Hall–Kier alpha value is -3.08. The number of methoxy groups -OCH3 is 1. The number of benzene rings is 1. The van der Waals surface area contributed by atoms with Crippen LogP contribution in [0.5, 0.6) is 0 Å². The van der Waals surface area contributed by atoms with Crippen LogP contribution in [-0.4, -0.2) is 97.3 Å². The molecule has 39 heavy (non-hydrogen) atoms. The molecule has 0 aliphatic carbocycles. The maximum absolute atomic E-state index is 13.6. The fraction of sp³-hybridized carbons (Fsp3) is 0.586. The van der Waals surface area contributed by atoms with Crippen molar-refractivity contribution in [3.8, 4) is 0 Å². The van der Waals surface area contributed by atoms with Crippen molar-refractivity contribution in [1.82, 2.24) is 19.8 Å². The fourth-order valence-corrected chi connectivity index (χ4v) is 5.44. The number of amides is 2. The predicted molar refractivity (Wildman–Crippen MR) is 151 cm³/mol. The van der Waals surface area contributed by atoms with E-state index >= 15 is 0 Å². The Bertz CT molecular complexity index is 1090. The molecule has 10 heteroatoms. The second-order valence-electron chi connectivity index (χ2n) is 10.3. The zero-order valence-corrected chi connectivity index (χ0v) is 23.5. The van der Waals surface area contributed by atoms with Gasteiger partial charge in [0.25, 0.3) is 5.91 Å². The van der Waals surface area contributed by atoms with Gasteiger partial charge < -0.3 is 24.6 Å². The van der Waals surface area contributed by atoms with E-state index in [-0.39, 0.29) is 18.4 Å². The average molecular weight is 539 g/mol. The number of aromatic nitrogens is 2. The summed E-state index contributed by atoms with van der Waals surface area (Å²) in [6, 6.07) is 10.2. The molecule has 0 atom stereocenters. The highest BCUT2D eigenvalue weighted by atomic mass is 16.5. The number of anilines is 2. The highest BCUT2D eigenvalue weighted by Crippen LogP contribution is 2.25. The molecule has 2 aromatic rings. The minimum atomic E-state index is -0.0719. The SMILES string of the molecule is COCC(=O)N1CCCN(C2CCOCC2)CCN(C(=O)CCNc2nc(C)cc(C)n2)Cc2ccccc21. The first-order valence-corrected chi connectivity index (χ1v) is 14.0. The summed E-state index contributed by atoms with van der Waals surface area (Å²) >= 11 is 0. The van der Waals surface area contributed by atoms with E-state index in [9.17, 15) is 9.59 Å². The van der Waals surface area contributed by atoms with E-state index in [1.54, 1.807) is 7.11 Å². The first kappa shape index (κ1) is 28.9. The van der Waals surface area contributed by atoms with Gasteiger partial charge in [-0.15, -0.1) is 0 Å². The minimum absolute atomic E-state index is 0.0207. The number of carbonyl (C=O) groups excluding carboxylic acids is 2. The summed E-state index contributed by atoms with van der Waals surface area (Å²) < 4.78 is 10.8. The third kappa shape index (κ3) is 8.20. The van der Waals surface area contributed by atoms with Gasteiger partial charge in [-0.1, -0.05) is 18.2 Å². The zero-order valence-electron chi connectivity index (χ0n) is 23.5. The van der Waals surface area contributed by atoms with Gasteiger partial charge in [-0.25, -0.2) is 9.97 Å². The molecule has 1 N–H and O–H groups in total. The van der Waals surface area contributed by atoms with Gasteiger partial charge in [0.1, 0.15) is 6.61 Å². The first-order valence-electron chi connectivity index (χ1n) is 14.0. The molecule has 10 nitrogen and oxygen atoms in total. The van der Waals surface area contributed by atoms with Crippen molar-refractivity contribution in [2.75, 3.05) is 69.9 Å². The van der Waals surface area contributed by atoms with E-state index < -0.39 is 0 Å². The van der Waals surface area contributed by atoms with Crippen molar-refractivity contribution in [3.63, 3.8) is 0 Å². The van der Waals surface area contributed by atoms with Crippen molar-refractivity contribution < 1.29 is 19.1 Å². The van der Waals surface area contributed by atoms with E-state index in [4.69, 9.17) is 9.47 Å². The maximum atomic E-state index is 13.6. The third-order valence-corrected chi connectivity index (χ3v) is 7.36. The van der Waals surface area contributed by atoms with Crippen LogP contribution in [0.4, 0.5) is 11.6 Å². The van der Waals surface area contributed by atoms with E-state index in [1.807, 2.05) is 54.0 Å². The molecule has 0 spiro atoms. The lowest BCUT2D eigenvalue weighted by Gasteiger charge is -2.35. The molecule has 0 saturated carbocycles. The van der Waals surface area contributed by atoms with E-state index in [1.165, 1.54) is 0 Å². The smallest absolute Gasteiger partial charge is 0.252 e. The molecule has 1 aromatic heterocycles. The van der Waals surface area contributed by atoms with Gasteiger partial charge in [0, 0.05) is 89.1 Å². The summed E-state index contributed by atoms with van der Waals surface area (Å²) in [6.45, 7) is 9.17. The molecular weight excluding hydrogens is 496 g/mol. The monoisotopic (exact) mass is 538 g/mol. The molecule has 2 aliphatic heterocycles. The van der Waals surface area contributed by atoms with Crippen LogP contribution in [0.1, 0.15) is 42.6 Å². The molecule has 1 aromatic carbocycles. The van der Waals surface area contributed by atoms with Gasteiger partial charge in [-0.2, -0.15) is 0 Å². The predicted octanol–water partition coefficient (Wildman–Crippen LogP) is 2.79. The third-order valence-electron chi connectivity index (χ3n) is 7.36. The normalized spacial score (nSPS) is 17.8. The summed E-state index contributed by atoms with van der Waals surface area (Å²) in [7, 11) is 1.54. The van der Waals surface area contributed by atoms with Crippen molar-refractivity contribution in [3.05, 3.63) is 47.3 Å². The first-order chi connectivity index (χ1) is 18.9. The Labute approximate surface area is 231 Å². The number of aryl methyl sites for hydroxylation is 2. The maximum Gasteiger partial charge on any atom is 0.252 e. The fourth-order valence-electron chi connectivity index (χ4n) is 5.44. The number of ether oxygens (including phenoxy) is 2. The molecule has 1 saturated heterocycles. The summed E-state index contributed by atoms with van der Waals surface area (Å²) in [5, 5.41) is 3.21. The van der Waals surface area contributed by atoms with Gasteiger partial charge in [-0.3, -0.25) is 14.5 Å². The lowest BCUT2D eigenvalue weighted by Crippen LogP contribution is -2.45. The molecule has 0 radical (unpaired) electrons. The Morgan fingerprint density at radius 2 is 1.77 bits per heavy atom. The number of hydrogen-bond donors (Lipinski definition) is 1. The van der Waals surface area contributed by atoms with Gasteiger partial charge >= 0.3 is 0 Å². The van der Waals surface area contributed by atoms with Crippen LogP contribution in [0.25, 0.3) is 0 Å². The zero-order chi connectivity index (χ0) is 27.6. The number of fused-ring (bicyclic) bond motifs is 1. The molecule has 1 fully saturated rings.